The van der Waals surface area contributed by atoms with Gasteiger partial charge in [0, 0.05) is 25.0 Å². The Kier molecular flexibility index (Phi) is 7.02. The minimum Gasteiger partial charge on any atom is -0.341 e. The Labute approximate surface area is 117 Å². The van der Waals surface area contributed by atoms with Crippen LogP contribution in [0.25, 0.3) is 0 Å². The van der Waals surface area contributed by atoms with Crippen molar-refractivity contribution in [3.8, 4) is 0 Å². The number of likely N-dealkylation sites (tertiary alicyclic amines) is 1. The molecule has 1 atom stereocenters. The summed E-state index contributed by atoms with van der Waals surface area (Å²) >= 11 is 0. The van der Waals surface area contributed by atoms with Gasteiger partial charge in [0.1, 0.15) is 0 Å². The molecule has 0 aromatic heterocycles. The largest absolute Gasteiger partial charge is 0.341 e. The van der Waals surface area contributed by atoms with E-state index in [1.54, 1.807) is 0 Å². The van der Waals surface area contributed by atoms with E-state index in [0.717, 1.165) is 32.4 Å². The fourth-order valence-electron chi connectivity index (χ4n) is 3.16. The lowest BCUT2D eigenvalue weighted by Gasteiger charge is -2.25. The minimum atomic E-state index is 0. The average Bonchev–Trinajstić information content (AvgIpc) is 2.76. The molecule has 18 heavy (non-hydrogen) atoms. The van der Waals surface area contributed by atoms with Gasteiger partial charge in [0.05, 0.1) is 0 Å². The van der Waals surface area contributed by atoms with Crippen molar-refractivity contribution in [1.82, 2.24) is 10.2 Å². The number of nitrogens with zero attached hydrogens (tertiary/aromatic N) is 1. The van der Waals surface area contributed by atoms with Gasteiger partial charge in [-0.25, -0.2) is 0 Å². The van der Waals surface area contributed by atoms with Crippen LogP contribution in [0.1, 0.15) is 51.4 Å². The Morgan fingerprint density at radius 2 is 1.67 bits per heavy atom. The molecule has 4 heteroatoms. The normalized spacial score (nSPS) is 26.3. The van der Waals surface area contributed by atoms with E-state index >= 15 is 0 Å². The molecule has 1 amide bonds. The molecule has 0 aromatic rings. The highest BCUT2D eigenvalue weighted by atomic mass is 35.5. The number of likely N-dealkylation sites (N-methyl/N-ethyl adjacent to an activating group) is 1. The summed E-state index contributed by atoms with van der Waals surface area (Å²) < 4.78 is 0. The molecule has 0 bridgehead atoms. The fourth-order valence-corrected chi connectivity index (χ4v) is 3.16. The molecular weight excluding hydrogens is 248 g/mol. The standard InChI is InChI=1S/C14H26N2O.ClH/c1-15-13-9-10-16(11-13)14(17)12-7-5-3-2-4-6-8-12;/h12-13,15H,2-11H2,1H3;1H. The summed E-state index contributed by atoms with van der Waals surface area (Å²) in [5.41, 5.74) is 0. The molecule has 1 aliphatic carbocycles. The number of halogens is 1. The smallest absolute Gasteiger partial charge is 0.225 e. The van der Waals surface area contributed by atoms with Crippen molar-refractivity contribution in [3.05, 3.63) is 0 Å². The Hall–Kier alpha value is -0.280. The first kappa shape index (κ1) is 15.8. The maximum absolute atomic E-state index is 12.4. The summed E-state index contributed by atoms with van der Waals surface area (Å²) in [6.45, 7) is 1.88. The van der Waals surface area contributed by atoms with Crippen LogP contribution in [0.15, 0.2) is 0 Å². The lowest BCUT2D eigenvalue weighted by molar-refractivity contribution is -0.135. The molecule has 0 spiro atoms. The summed E-state index contributed by atoms with van der Waals surface area (Å²) in [4.78, 5) is 14.5. The van der Waals surface area contributed by atoms with Gasteiger partial charge in [0.15, 0.2) is 0 Å². The van der Waals surface area contributed by atoms with Crippen molar-refractivity contribution in [2.24, 2.45) is 5.92 Å². The number of carbonyl (C=O) groups excluding carboxylic acids is 1. The molecule has 1 N–H and O–H groups in total. The quantitative estimate of drug-likeness (QED) is 0.839. The number of rotatable bonds is 2. The average molecular weight is 275 g/mol. The molecule has 1 saturated carbocycles. The zero-order valence-corrected chi connectivity index (χ0v) is 12.3. The van der Waals surface area contributed by atoms with Crippen LogP contribution in [0, 0.1) is 5.92 Å². The fraction of sp³-hybridized carbons (Fsp3) is 0.929. The first-order chi connectivity index (χ1) is 8.31. The molecule has 106 valence electrons. The highest BCUT2D eigenvalue weighted by Crippen LogP contribution is 2.25. The Balaban J connectivity index is 0.00000162. The van der Waals surface area contributed by atoms with E-state index in [4.69, 9.17) is 0 Å². The third-order valence-corrected chi connectivity index (χ3v) is 4.36. The van der Waals surface area contributed by atoms with Crippen molar-refractivity contribution >= 4 is 18.3 Å². The second-order valence-electron chi connectivity index (χ2n) is 5.60. The van der Waals surface area contributed by atoms with E-state index in [0.29, 0.717) is 17.9 Å². The first-order valence-corrected chi connectivity index (χ1v) is 7.27. The predicted molar refractivity (Wildman–Crippen MR) is 77.1 cm³/mol. The van der Waals surface area contributed by atoms with E-state index in [1.807, 2.05) is 7.05 Å². The summed E-state index contributed by atoms with van der Waals surface area (Å²) in [6.07, 6.45) is 9.88. The summed E-state index contributed by atoms with van der Waals surface area (Å²) in [7, 11) is 1.99. The Morgan fingerprint density at radius 3 is 2.22 bits per heavy atom. The topological polar surface area (TPSA) is 32.3 Å². The highest BCUT2D eigenvalue weighted by Gasteiger charge is 2.29. The molecule has 2 fully saturated rings. The van der Waals surface area contributed by atoms with Gasteiger partial charge in [-0.15, -0.1) is 12.4 Å². The lowest BCUT2D eigenvalue weighted by atomic mass is 9.90. The van der Waals surface area contributed by atoms with Crippen LogP contribution in [0.2, 0.25) is 0 Å². The van der Waals surface area contributed by atoms with Crippen LogP contribution in [-0.4, -0.2) is 37.0 Å². The Morgan fingerprint density at radius 1 is 1.06 bits per heavy atom. The minimum absolute atomic E-state index is 0. The van der Waals surface area contributed by atoms with Gasteiger partial charge in [0.2, 0.25) is 5.91 Å². The van der Waals surface area contributed by atoms with Crippen molar-refractivity contribution in [2.45, 2.75) is 57.4 Å². The zero-order valence-electron chi connectivity index (χ0n) is 11.5. The third kappa shape index (κ3) is 4.13. The molecule has 0 radical (unpaired) electrons. The summed E-state index contributed by atoms with van der Waals surface area (Å²) in [5.74, 6) is 0.760. The van der Waals surface area contributed by atoms with Crippen molar-refractivity contribution in [3.63, 3.8) is 0 Å². The third-order valence-electron chi connectivity index (χ3n) is 4.36. The van der Waals surface area contributed by atoms with Gasteiger partial charge in [-0.3, -0.25) is 4.79 Å². The molecule has 1 saturated heterocycles. The van der Waals surface area contributed by atoms with Gasteiger partial charge in [0.25, 0.3) is 0 Å². The molecule has 2 aliphatic rings. The van der Waals surface area contributed by atoms with Gasteiger partial charge in [-0.2, -0.15) is 0 Å². The van der Waals surface area contributed by atoms with Crippen LogP contribution >= 0.6 is 12.4 Å². The van der Waals surface area contributed by atoms with Crippen molar-refractivity contribution in [2.75, 3.05) is 20.1 Å². The van der Waals surface area contributed by atoms with Crippen LogP contribution in [0.3, 0.4) is 0 Å². The second kappa shape index (κ2) is 8.00. The maximum Gasteiger partial charge on any atom is 0.225 e. The molecular formula is C14H27ClN2O. The highest BCUT2D eigenvalue weighted by molar-refractivity contribution is 5.85. The van der Waals surface area contributed by atoms with Crippen molar-refractivity contribution in [1.29, 1.82) is 0 Å². The molecule has 2 rings (SSSR count). The van der Waals surface area contributed by atoms with Gasteiger partial charge >= 0.3 is 0 Å². The zero-order chi connectivity index (χ0) is 12.1. The number of carbonyl (C=O) groups is 1. The van der Waals surface area contributed by atoms with Gasteiger partial charge in [-0.05, 0) is 26.3 Å². The predicted octanol–water partition coefficient (Wildman–Crippen LogP) is 2.59. The molecule has 1 heterocycles. The van der Waals surface area contributed by atoms with Crippen molar-refractivity contribution < 1.29 is 4.79 Å². The second-order valence-corrected chi connectivity index (χ2v) is 5.60. The van der Waals surface area contributed by atoms with E-state index in [-0.39, 0.29) is 12.4 Å². The van der Waals surface area contributed by atoms with E-state index in [2.05, 4.69) is 10.2 Å². The van der Waals surface area contributed by atoms with Gasteiger partial charge < -0.3 is 10.2 Å². The summed E-state index contributed by atoms with van der Waals surface area (Å²) in [6, 6.07) is 0.521. The summed E-state index contributed by atoms with van der Waals surface area (Å²) in [5, 5.41) is 3.28. The van der Waals surface area contributed by atoms with Crippen LogP contribution < -0.4 is 5.32 Å². The van der Waals surface area contributed by atoms with Gasteiger partial charge in [-0.1, -0.05) is 32.1 Å². The number of amides is 1. The molecule has 0 aromatic carbocycles. The van der Waals surface area contributed by atoms with E-state index in [9.17, 15) is 4.79 Å². The first-order valence-electron chi connectivity index (χ1n) is 7.27. The molecule has 1 unspecified atom stereocenters. The van der Waals surface area contributed by atoms with E-state index in [1.165, 1.54) is 32.1 Å². The van der Waals surface area contributed by atoms with Crippen LogP contribution in [0.4, 0.5) is 0 Å². The molecule has 1 aliphatic heterocycles. The number of hydrogen-bond donors (Lipinski definition) is 1. The molecule has 3 nitrogen and oxygen atoms in total. The van der Waals surface area contributed by atoms with Crippen LogP contribution in [-0.2, 0) is 4.79 Å². The number of hydrogen-bond acceptors (Lipinski definition) is 2. The van der Waals surface area contributed by atoms with Crippen LogP contribution in [0.5, 0.6) is 0 Å². The lowest BCUT2D eigenvalue weighted by Crippen LogP contribution is -2.37. The SMILES string of the molecule is CNC1CCN(C(=O)C2CCCCCCC2)C1.Cl. The maximum atomic E-state index is 12.4. The monoisotopic (exact) mass is 274 g/mol. The Bertz CT molecular complexity index is 252. The van der Waals surface area contributed by atoms with E-state index < -0.39 is 0 Å². The number of nitrogens with one attached hydrogen (secondary N) is 1.